The molecule has 1 heterocycles. The Labute approximate surface area is 157 Å². The molecule has 1 aromatic carbocycles. The predicted octanol–water partition coefficient (Wildman–Crippen LogP) is 4.81. The second kappa shape index (κ2) is 7.55. The summed E-state index contributed by atoms with van der Waals surface area (Å²) < 4.78 is 26.4. The van der Waals surface area contributed by atoms with Crippen LogP contribution in [0.5, 0.6) is 5.75 Å². The van der Waals surface area contributed by atoms with Crippen LogP contribution in [0.15, 0.2) is 39.7 Å². The molecule has 142 valence electrons. The molecule has 26 heavy (non-hydrogen) atoms. The molecule has 1 unspecified atom stereocenters. The predicted molar refractivity (Wildman–Crippen MR) is 106 cm³/mol. The first-order valence-corrected chi connectivity index (χ1v) is 11.4. The van der Waals surface area contributed by atoms with Crippen molar-refractivity contribution in [3.05, 3.63) is 35.4 Å². The third-order valence-corrected chi connectivity index (χ3v) is 7.54. The lowest BCUT2D eigenvalue weighted by atomic mass is 9.88. The lowest BCUT2D eigenvalue weighted by Gasteiger charge is -2.28. The fraction of sp³-hybridized carbons (Fsp3) is 0.571. The third kappa shape index (κ3) is 3.73. The van der Waals surface area contributed by atoms with Crippen LogP contribution in [0, 0.1) is 0 Å². The highest BCUT2D eigenvalue weighted by molar-refractivity contribution is 7.91. The number of benzene rings is 1. The zero-order chi connectivity index (χ0) is 18.8. The van der Waals surface area contributed by atoms with Crippen LogP contribution < -0.4 is 0 Å². The molecule has 0 radical (unpaired) electrons. The largest absolute Gasteiger partial charge is 0.508 e. The Hall–Kier alpha value is -1.62. The van der Waals surface area contributed by atoms with Gasteiger partial charge >= 0.3 is 0 Å². The quantitative estimate of drug-likeness (QED) is 0.803. The molecule has 0 spiro atoms. The number of hydrogen-bond acceptors (Lipinski definition) is 4. The number of hydrogen-bond donors (Lipinski definition) is 1. The number of aliphatic imine (C=N–C) groups is 1. The van der Waals surface area contributed by atoms with E-state index in [2.05, 4.69) is 13.0 Å². The van der Waals surface area contributed by atoms with Gasteiger partial charge in [0.05, 0.1) is 21.9 Å². The summed E-state index contributed by atoms with van der Waals surface area (Å²) in [6.07, 6.45) is 9.90. The van der Waals surface area contributed by atoms with Gasteiger partial charge in [-0.05, 0) is 62.3 Å². The Morgan fingerprint density at radius 3 is 2.69 bits per heavy atom. The Kier molecular flexibility index (Phi) is 5.56. The number of phenolic OH excluding ortho intramolecular Hbond substituents is 1. The number of phenols is 1. The number of fused-ring (bicyclic) bond motifs is 1. The molecule has 0 fully saturated rings. The summed E-state index contributed by atoms with van der Waals surface area (Å²) in [5, 5.41) is 9.92. The standard InChI is InChI=1S/C21H29NO3S/c1-3-5-13-21(4-2)15-26(24,25)19-14-17(23)11-12-18(19)20(22-21)16-9-7-6-8-10-16/h9,11-12,14,23H,3-8,10,13,15H2,1-2H3. The van der Waals surface area contributed by atoms with Gasteiger partial charge in [-0.1, -0.05) is 32.8 Å². The van der Waals surface area contributed by atoms with Crippen molar-refractivity contribution in [2.75, 3.05) is 5.75 Å². The van der Waals surface area contributed by atoms with Crippen LogP contribution in [0.3, 0.4) is 0 Å². The van der Waals surface area contributed by atoms with Gasteiger partial charge < -0.3 is 5.11 Å². The summed E-state index contributed by atoms with van der Waals surface area (Å²) in [5.41, 5.74) is 2.06. The van der Waals surface area contributed by atoms with Gasteiger partial charge in [0.15, 0.2) is 9.84 Å². The Morgan fingerprint density at radius 2 is 2.04 bits per heavy atom. The van der Waals surface area contributed by atoms with Gasteiger partial charge in [0.1, 0.15) is 5.75 Å². The molecule has 0 amide bonds. The molecule has 1 atom stereocenters. The fourth-order valence-corrected chi connectivity index (χ4v) is 6.09. The van der Waals surface area contributed by atoms with Gasteiger partial charge in [0.25, 0.3) is 0 Å². The van der Waals surface area contributed by atoms with Gasteiger partial charge in [0, 0.05) is 5.56 Å². The van der Waals surface area contributed by atoms with Crippen molar-refractivity contribution in [3.8, 4) is 5.75 Å². The Bertz CT molecular complexity index is 839. The van der Waals surface area contributed by atoms with Gasteiger partial charge in [-0.25, -0.2) is 8.42 Å². The first kappa shape index (κ1) is 19.2. The lowest BCUT2D eigenvalue weighted by Crippen LogP contribution is -2.34. The summed E-state index contributed by atoms with van der Waals surface area (Å²) in [4.78, 5) is 5.37. The van der Waals surface area contributed by atoms with Crippen LogP contribution in [-0.2, 0) is 9.84 Å². The van der Waals surface area contributed by atoms with Crippen LogP contribution in [-0.4, -0.2) is 30.5 Å². The SMILES string of the molecule is CCCCC1(CC)CS(=O)(=O)c2cc(O)ccc2C(C2=CCCCC2)=N1. The van der Waals surface area contributed by atoms with E-state index in [1.54, 1.807) is 12.1 Å². The highest BCUT2D eigenvalue weighted by Gasteiger charge is 2.39. The molecule has 0 saturated carbocycles. The van der Waals surface area contributed by atoms with Crippen LogP contribution in [0.2, 0.25) is 0 Å². The van der Waals surface area contributed by atoms with E-state index >= 15 is 0 Å². The smallest absolute Gasteiger partial charge is 0.181 e. The maximum Gasteiger partial charge on any atom is 0.181 e. The normalized spacial score (nSPS) is 25.0. The molecule has 1 aliphatic carbocycles. The van der Waals surface area contributed by atoms with E-state index in [1.807, 2.05) is 6.92 Å². The zero-order valence-corrected chi connectivity index (χ0v) is 16.6. The lowest BCUT2D eigenvalue weighted by molar-refractivity contribution is 0.406. The van der Waals surface area contributed by atoms with E-state index in [1.165, 1.54) is 12.5 Å². The highest BCUT2D eigenvalue weighted by Crippen LogP contribution is 2.37. The molecule has 1 N–H and O–H groups in total. The van der Waals surface area contributed by atoms with E-state index in [9.17, 15) is 13.5 Å². The molecule has 2 aliphatic rings. The Balaban J connectivity index is 2.23. The molecular formula is C21H29NO3S. The van der Waals surface area contributed by atoms with Crippen molar-refractivity contribution < 1.29 is 13.5 Å². The van der Waals surface area contributed by atoms with E-state index in [4.69, 9.17) is 4.99 Å². The van der Waals surface area contributed by atoms with Crippen molar-refractivity contribution in [3.63, 3.8) is 0 Å². The van der Waals surface area contributed by atoms with Crippen molar-refractivity contribution in [1.82, 2.24) is 0 Å². The number of allylic oxidation sites excluding steroid dienone is 2. The van der Waals surface area contributed by atoms with Crippen LogP contribution >= 0.6 is 0 Å². The van der Waals surface area contributed by atoms with Crippen LogP contribution in [0.1, 0.15) is 70.8 Å². The van der Waals surface area contributed by atoms with Crippen molar-refractivity contribution >= 4 is 15.5 Å². The summed E-state index contributed by atoms with van der Waals surface area (Å²) >= 11 is 0. The number of aromatic hydroxyl groups is 1. The number of sulfone groups is 1. The average molecular weight is 376 g/mol. The molecule has 0 aromatic heterocycles. The van der Waals surface area contributed by atoms with Gasteiger partial charge in [-0.3, -0.25) is 4.99 Å². The van der Waals surface area contributed by atoms with E-state index in [-0.39, 0.29) is 16.4 Å². The minimum absolute atomic E-state index is 0.0122. The molecule has 1 aliphatic heterocycles. The van der Waals surface area contributed by atoms with Crippen molar-refractivity contribution in [1.29, 1.82) is 0 Å². The third-order valence-electron chi connectivity index (χ3n) is 5.61. The van der Waals surface area contributed by atoms with Crippen molar-refractivity contribution in [2.24, 2.45) is 4.99 Å². The van der Waals surface area contributed by atoms with Gasteiger partial charge in [-0.15, -0.1) is 0 Å². The van der Waals surface area contributed by atoms with Crippen LogP contribution in [0.25, 0.3) is 0 Å². The molecule has 0 saturated heterocycles. The summed E-state index contributed by atoms with van der Waals surface area (Å²) in [6.45, 7) is 4.16. The first-order valence-electron chi connectivity index (χ1n) is 9.76. The fourth-order valence-electron chi connectivity index (χ4n) is 4.01. The maximum absolute atomic E-state index is 13.2. The summed E-state index contributed by atoms with van der Waals surface area (Å²) in [6, 6.07) is 4.69. The second-order valence-electron chi connectivity index (χ2n) is 7.56. The van der Waals surface area contributed by atoms with Gasteiger partial charge in [-0.2, -0.15) is 0 Å². The monoisotopic (exact) mass is 375 g/mol. The zero-order valence-electron chi connectivity index (χ0n) is 15.8. The number of rotatable bonds is 5. The summed E-state index contributed by atoms with van der Waals surface area (Å²) in [7, 11) is -3.52. The second-order valence-corrected chi connectivity index (χ2v) is 9.51. The van der Waals surface area contributed by atoms with Crippen LogP contribution in [0.4, 0.5) is 0 Å². The summed E-state index contributed by atoms with van der Waals surface area (Å²) in [5.74, 6) is 0.00542. The molecular weight excluding hydrogens is 346 g/mol. The van der Waals surface area contributed by atoms with E-state index in [0.29, 0.717) is 12.0 Å². The topological polar surface area (TPSA) is 66.7 Å². The maximum atomic E-state index is 13.2. The molecule has 4 nitrogen and oxygen atoms in total. The first-order chi connectivity index (χ1) is 12.4. The minimum Gasteiger partial charge on any atom is -0.508 e. The van der Waals surface area contributed by atoms with Gasteiger partial charge in [0.2, 0.25) is 0 Å². The number of unbranched alkanes of at least 4 members (excludes halogenated alkanes) is 1. The molecule has 3 rings (SSSR count). The highest BCUT2D eigenvalue weighted by atomic mass is 32.2. The van der Waals surface area contributed by atoms with E-state index < -0.39 is 15.4 Å². The average Bonchev–Trinajstić information content (AvgIpc) is 2.74. The Morgan fingerprint density at radius 1 is 1.23 bits per heavy atom. The molecule has 0 bridgehead atoms. The number of nitrogens with zero attached hydrogens (tertiary/aromatic N) is 1. The molecule has 1 aromatic rings. The minimum atomic E-state index is -3.52. The molecule has 5 heteroatoms. The van der Waals surface area contributed by atoms with Crippen molar-refractivity contribution in [2.45, 2.75) is 75.6 Å². The van der Waals surface area contributed by atoms with E-state index in [0.717, 1.165) is 49.8 Å².